The van der Waals surface area contributed by atoms with Gasteiger partial charge in [-0.15, -0.1) is 0 Å². The maximum absolute atomic E-state index is 14.0. The average Bonchev–Trinajstić information content (AvgIpc) is 3.40. The molecule has 0 fully saturated rings. The third-order valence-electron chi connectivity index (χ3n) is 6.61. The van der Waals surface area contributed by atoms with E-state index in [1.807, 2.05) is 6.92 Å². The van der Waals surface area contributed by atoms with E-state index in [0.29, 0.717) is 23.4 Å². The molecule has 0 radical (unpaired) electrons. The zero-order valence-corrected chi connectivity index (χ0v) is 22.2. The van der Waals surface area contributed by atoms with E-state index in [-0.39, 0.29) is 31.2 Å². The SMILES string of the molecule is CCCCC(NC(=BOC#N)NCc1ccc(F)cc1)c1ccc(C(F)(F)F)c(C(=O)N2Cc3nccnc3C2)c1. The number of nitriles is 1. The molecule has 1 amide bonds. The van der Waals surface area contributed by atoms with Crippen LogP contribution < -0.4 is 10.6 Å². The van der Waals surface area contributed by atoms with Gasteiger partial charge in [-0.1, -0.05) is 0 Å². The number of nitrogens with zero attached hydrogens (tertiary/aromatic N) is 4. The molecule has 1 aliphatic rings. The number of carbonyl (C=O) groups is 1. The van der Waals surface area contributed by atoms with Crippen LogP contribution in [-0.4, -0.2) is 33.6 Å². The summed E-state index contributed by atoms with van der Waals surface area (Å²) in [6, 6.07) is 8.82. The maximum atomic E-state index is 14.0. The van der Waals surface area contributed by atoms with Gasteiger partial charge in [0.1, 0.15) is 0 Å². The number of aromatic nitrogens is 2. The zero-order valence-electron chi connectivity index (χ0n) is 22.2. The molecule has 1 atom stereocenters. The molecule has 13 heteroatoms. The van der Waals surface area contributed by atoms with Gasteiger partial charge in [0.15, 0.2) is 0 Å². The van der Waals surface area contributed by atoms with Gasteiger partial charge in [0.25, 0.3) is 0 Å². The fourth-order valence-corrected chi connectivity index (χ4v) is 4.52. The number of unbranched alkanes of at least 4 members (excludes halogenated alkanes) is 1. The minimum absolute atomic E-state index is 0.0622. The molecule has 0 aliphatic carbocycles. The van der Waals surface area contributed by atoms with Gasteiger partial charge in [-0.2, -0.15) is 0 Å². The Morgan fingerprint density at radius 3 is 2.44 bits per heavy atom. The van der Waals surface area contributed by atoms with Gasteiger partial charge in [-0.25, -0.2) is 0 Å². The number of nitrogens with one attached hydrogen (secondary N) is 2. The Hall–Kier alpha value is -4.47. The minimum atomic E-state index is -4.75. The summed E-state index contributed by atoms with van der Waals surface area (Å²) < 4.78 is 60.2. The molecule has 212 valence electrons. The molecule has 2 heterocycles. The van der Waals surface area contributed by atoms with E-state index in [1.165, 1.54) is 41.6 Å². The molecule has 8 nitrogen and oxygen atoms in total. The van der Waals surface area contributed by atoms with E-state index in [2.05, 4.69) is 20.6 Å². The van der Waals surface area contributed by atoms with Gasteiger partial charge >= 0.3 is 235 Å². The summed E-state index contributed by atoms with van der Waals surface area (Å²) in [5.74, 6) is -1.15. The van der Waals surface area contributed by atoms with Crippen molar-refractivity contribution >= 4 is 18.7 Å². The fraction of sp³-hybridized carbons (Fsp3) is 0.321. The second kappa shape index (κ2) is 13.3. The molecular weight excluding hydrogens is 539 g/mol. The Balaban J connectivity index is 1.63. The molecule has 3 aromatic rings. The van der Waals surface area contributed by atoms with E-state index in [4.69, 9.17) is 9.92 Å². The number of halogens is 4. The first-order valence-corrected chi connectivity index (χ1v) is 13.0. The molecule has 2 N–H and O–H groups in total. The molecule has 0 spiro atoms. The third-order valence-corrected chi connectivity index (χ3v) is 6.61. The van der Waals surface area contributed by atoms with Crippen molar-refractivity contribution in [3.8, 4) is 6.26 Å². The van der Waals surface area contributed by atoms with Gasteiger partial charge in [0.2, 0.25) is 0 Å². The predicted molar refractivity (Wildman–Crippen MR) is 143 cm³/mol. The van der Waals surface area contributed by atoms with Crippen LogP contribution >= 0.6 is 0 Å². The first-order valence-electron chi connectivity index (χ1n) is 13.0. The van der Waals surface area contributed by atoms with Gasteiger partial charge < -0.3 is 0 Å². The quantitative estimate of drug-likeness (QED) is 0.199. The second-order valence-corrected chi connectivity index (χ2v) is 9.47. The number of carbonyl (C=O) groups excluding carboxylic acids is 1. The van der Waals surface area contributed by atoms with Gasteiger partial charge in [0.05, 0.1) is 0 Å². The van der Waals surface area contributed by atoms with Crippen LogP contribution in [0.25, 0.3) is 0 Å². The predicted octanol–water partition coefficient (Wildman–Crippen LogP) is 4.61. The Morgan fingerprint density at radius 1 is 1.15 bits per heavy atom. The molecule has 4 rings (SSSR count). The monoisotopic (exact) mass is 566 g/mol. The van der Waals surface area contributed by atoms with Crippen molar-refractivity contribution < 1.29 is 27.0 Å². The van der Waals surface area contributed by atoms with Crippen LogP contribution in [0, 0.1) is 17.3 Å². The van der Waals surface area contributed by atoms with Crippen molar-refractivity contribution in [2.45, 2.75) is 58.0 Å². The van der Waals surface area contributed by atoms with Gasteiger partial charge in [-0.05, 0) is 0 Å². The first kappa shape index (κ1) is 29.5. The van der Waals surface area contributed by atoms with E-state index < -0.39 is 29.3 Å². The molecule has 1 aliphatic heterocycles. The molecule has 2 aromatic carbocycles. The van der Waals surface area contributed by atoms with Gasteiger partial charge in [-0.3, -0.25) is 0 Å². The number of rotatable bonds is 11. The van der Waals surface area contributed by atoms with Crippen molar-refractivity contribution in [1.82, 2.24) is 25.5 Å². The van der Waals surface area contributed by atoms with Crippen LogP contribution in [0.1, 0.15) is 70.7 Å². The summed E-state index contributed by atoms with van der Waals surface area (Å²) in [5, 5.41) is 15.2. The topological polar surface area (TPSA) is 103 Å². The number of hydrogen-bond donors (Lipinski definition) is 2. The van der Waals surface area contributed by atoms with E-state index in [1.54, 1.807) is 18.4 Å². The van der Waals surface area contributed by atoms with E-state index in [0.717, 1.165) is 31.6 Å². The van der Waals surface area contributed by atoms with Crippen LogP contribution in [0.15, 0.2) is 54.9 Å². The molecule has 0 saturated carbocycles. The normalized spacial score (nSPS) is 13.6. The number of benzene rings is 2. The number of fused-ring (bicyclic) bond motifs is 1. The Bertz CT molecular complexity index is 1420. The standard InChI is InChI=1S/C28H27BF4N6O2/c1-2-3-4-23(38-27(29-41-17-34)37-14-18-5-8-20(30)9-6-18)19-7-10-22(28(31,32)33)21(13-19)26(40)39-15-24-25(16-39)36-12-11-35-24/h5-13,23,37-38H,2-4,14-16H2,1H3. The van der Waals surface area contributed by atoms with E-state index >= 15 is 0 Å². The second-order valence-electron chi connectivity index (χ2n) is 9.47. The van der Waals surface area contributed by atoms with Crippen molar-refractivity contribution in [2.75, 3.05) is 0 Å². The number of alkyl halides is 3. The summed E-state index contributed by atoms with van der Waals surface area (Å²) in [5.41, 5.74) is 1.09. The van der Waals surface area contributed by atoms with Crippen molar-refractivity contribution in [3.63, 3.8) is 0 Å². The Labute approximate surface area is 235 Å². The van der Waals surface area contributed by atoms with Crippen LogP contribution in [0.5, 0.6) is 0 Å². The zero-order chi connectivity index (χ0) is 29.4. The molecule has 0 saturated heterocycles. The van der Waals surface area contributed by atoms with Crippen LogP contribution in [0.3, 0.4) is 0 Å². The average molecular weight is 566 g/mol. The molecule has 1 unspecified atom stereocenters. The van der Waals surface area contributed by atoms with Gasteiger partial charge in [0, 0.05) is 0 Å². The molecule has 1 aromatic heterocycles. The van der Waals surface area contributed by atoms with Crippen molar-refractivity contribution in [1.29, 1.82) is 5.26 Å². The number of hydrogen-bond acceptors (Lipinski definition) is 7. The summed E-state index contributed by atoms with van der Waals surface area (Å²) in [6.07, 6.45) is 1.81. The van der Waals surface area contributed by atoms with Crippen molar-refractivity contribution in [2.24, 2.45) is 0 Å². The van der Waals surface area contributed by atoms with Crippen molar-refractivity contribution in [3.05, 3.63) is 94.3 Å². The molecule has 0 bridgehead atoms. The van der Waals surface area contributed by atoms with Crippen LogP contribution in [-0.2, 0) is 30.5 Å². The summed E-state index contributed by atoms with van der Waals surface area (Å²) in [6.45, 7) is 2.36. The summed E-state index contributed by atoms with van der Waals surface area (Å²) in [7, 11) is 1.15. The Kier molecular flexibility index (Phi) is 9.55. The summed E-state index contributed by atoms with van der Waals surface area (Å²) >= 11 is 0. The number of amides is 1. The fourth-order valence-electron chi connectivity index (χ4n) is 4.52. The first-order chi connectivity index (χ1) is 19.7. The van der Waals surface area contributed by atoms with Crippen LogP contribution in [0.4, 0.5) is 17.6 Å². The summed E-state index contributed by atoms with van der Waals surface area (Å²) in [4.78, 5) is 23.1. The third kappa shape index (κ3) is 7.60. The Morgan fingerprint density at radius 2 is 1.83 bits per heavy atom. The van der Waals surface area contributed by atoms with Crippen LogP contribution in [0.2, 0.25) is 0 Å². The molecular formula is C28H27BF4N6O2. The van der Waals surface area contributed by atoms with E-state index in [9.17, 15) is 22.4 Å². The molecule has 41 heavy (non-hydrogen) atoms.